The fourth-order valence-electron chi connectivity index (χ4n) is 3.18. The third-order valence-electron chi connectivity index (χ3n) is 4.79. The summed E-state index contributed by atoms with van der Waals surface area (Å²) in [6.45, 7) is 4.35. The summed E-state index contributed by atoms with van der Waals surface area (Å²) >= 11 is 0. The van der Waals surface area contributed by atoms with Crippen LogP contribution >= 0.6 is 7.82 Å². The lowest BCUT2D eigenvalue weighted by atomic mass is 10.0. The molecule has 0 heterocycles. The minimum Gasteiger partial charge on any atom is -0.301 e. The second kappa shape index (κ2) is 18.4. The molecule has 1 atom stereocenters. The maximum Gasteiger partial charge on any atom is 0.496 e. The van der Waals surface area contributed by atoms with Crippen LogP contribution in [0, 0.1) is 0 Å². The second-order valence-corrected chi connectivity index (χ2v) is 8.59. The molecular weight excluding hydrogens is 351 g/mol. The van der Waals surface area contributed by atoms with Crippen LogP contribution in [0.4, 0.5) is 0 Å². The van der Waals surface area contributed by atoms with Crippen molar-refractivity contribution < 1.29 is 23.9 Å². The Morgan fingerprint density at radius 2 is 1.04 bits per heavy atom. The summed E-state index contributed by atoms with van der Waals surface area (Å²) in [7, 11) is -4.55. The Morgan fingerprint density at radius 1 is 0.654 bits per heavy atom. The minimum atomic E-state index is -4.55. The number of hydrogen-bond donors (Lipinski definition) is 2. The molecule has 0 bridgehead atoms. The first-order valence-electron chi connectivity index (χ1n) is 10.9. The van der Waals surface area contributed by atoms with E-state index < -0.39 is 7.82 Å². The zero-order valence-electron chi connectivity index (χ0n) is 17.2. The van der Waals surface area contributed by atoms with Gasteiger partial charge in [0, 0.05) is 0 Å². The average Bonchev–Trinajstić information content (AvgIpc) is 2.59. The van der Waals surface area contributed by atoms with Crippen molar-refractivity contribution in [1.82, 2.24) is 0 Å². The van der Waals surface area contributed by atoms with E-state index in [1.807, 2.05) is 0 Å². The standard InChI is InChI=1S/C20H43O5P/c1-3-5-7-8-9-10-11-12-13-14-15-16-17-19-20(18-6-4-2)24-25-26(21,22)23/h20H,3-19H2,1-2H3,(H2,21,22,23). The van der Waals surface area contributed by atoms with Crippen LogP contribution in [0.5, 0.6) is 0 Å². The van der Waals surface area contributed by atoms with Crippen LogP contribution in [0.15, 0.2) is 0 Å². The van der Waals surface area contributed by atoms with Crippen LogP contribution in [0.25, 0.3) is 0 Å². The maximum absolute atomic E-state index is 10.7. The van der Waals surface area contributed by atoms with Gasteiger partial charge in [-0.15, -0.1) is 4.67 Å². The molecule has 0 aromatic carbocycles. The van der Waals surface area contributed by atoms with Crippen LogP contribution in [0.1, 0.15) is 123 Å². The molecule has 0 saturated heterocycles. The first kappa shape index (κ1) is 26.1. The van der Waals surface area contributed by atoms with Gasteiger partial charge in [0.1, 0.15) is 0 Å². The quantitative estimate of drug-likeness (QED) is 0.0999. The smallest absolute Gasteiger partial charge is 0.301 e. The van der Waals surface area contributed by atoms with Gasteiger partial charge in [-0.05, 0) is 12.8 Å². The van der Waals surface area contributed by atoms with Crippen LogP contribution in [-0.4, -0.2) is 15.9 Å². The van der Waals surface area contributed by atoms with Gasteiger partial charge >= 0.3 is 7.82 Å². The van der Waals surface area contributed by atoms with Crippen molar-refractivity contribution in [1.29, 1.82) is 0 Å². The van der Waals surface area contributed by atoms with Crippen molar-refractivity contribution in [2.45, 2.75) is 129 Å². The van der Waals surface area contributed by atoms with E-state index in [9.17, 15) is 4.57 Å². The molecule has 158 valence electrons. The van der Waals surface area contributed by atoms with Gasteiger partial charge in [0.25, 0.3) is 0 Å². The number of hydrogen-bond acceptors (Lipinski definition) is 3. The Labute approximate surface area is 161 Å². The molecule has 0 aliphatic rings. The molecular formula is C20H43O5P. The summed E-state index contributed by atoms with van der Waals surface area (Å²) in [5.74, 6) is 0. The molecule has 26 heavy (non-hydrogen) atoms. The van der Waals surface area contributed by atoms with Gasteiger partial charge in [0.05, 0.1) is 6.10 Å². The zero-order chi connectivity index (χ0) is 19.5. The monoisotopic (exact) mass is 394 g/mol. The number of rotatable bonds is 20. The van der Waals surface area contributed by atoms with E-state index in [4.69, 9.17) is 14.7 Å². The Kier molecular flexibility index (Phi) is 18.5. The molecule has 0 saturated carbocycles. The Bertz CT molecular complexity index is 332. The van der Waals surface area contributed by atoms with Gasteiger partial charge in [0.2, 0.25) is 0 Å². The minimum absolute atomic E-state index is 0.213. The van der Waals surface area contributed by atoms with E-state index >= 15 is 0 Å². The summed E-state index contributed by atoms with van der Waals surface area (Å²) in [4.78, 5) is 22.4. The predicted octanol–water partition coefficient (Wildman–Crippen LogP) is 7.07. The van der Waals surface area contributed by atoms with Gasteiger partial charge in [-0.3, -0.25) is 0 Å². The summed E-state index contributed by atoms with van der Waals surface area (Å²) in [5, 5.41) is 0. The first-order chi connectivity index (χ1) is 12.5. The first-order valence-corrected chi connectivity index (χ1v) is 12.4. The SMILES string of the molecule is CCCCCCCCCCCCCCCC(CCCC)OOP(=O)(O)O. The summed E-state index contributed by atoms with van der Waals surface area (Å²) in [6, 6.07) is 0. The van der Waals surface area contributed by atoms with E-state index in [1.54, 1.807) is 0 Å². The fraction of sp³-hybridized carbons (Fsp3) is 1.00. The highest BCUT2D eigenvalue weighted by Crippen LogP contribution is 2.37. The van der Waals surface area contributed by atoms with Crippen molar-refractivity contribution in [3.63, 3.8) is 0 Å². The maximum atomic E-state index is 10.7. The molecule has 0 spiro atoms. The van der Waals surface area contributed by atoms with Crippen LogP contribution in [0.2, 0.25) is 0 Å². The molecule has 0 aliphatic carbocycles. The summed E-state index contributed by atoms with van der Waals surface area (Å²) in [5.41, 5.74) is 0. The van der Waals surface area contributed by atoms with E-state index in [0.29, 0.717) is 0 Å². The van der Waals surface area contributed by atoms with Crippen molar-refractivity contribution in [2.24, 2.45) is 0 Å². The molecule has 2 N–H and O–H groups in total. The molecule has 0 aromatic rings. The predicted molar refractivity (Wildman–Crippen MR) is 108 cm³/mol. The molecule has 0 radical (unpaired) electrons. The highest BCUT2D eigenvalue weighted by atomic mass is 31.2. The molecule has 0 fully saturated rings. The fourth-order valence-corrected chi connectivity index (χ4v) is 3.41. The topological polar surface area (TPSA) is 76.0 Å². The second-order valence-electron chi connectivity index (χ2n) is 7.46. The number of phosphoric acid groups is 1. The lowest BCUT2D eigenvalue weighted by molar-refractivity contribution is -0.261. The van der Waals surface area contributed by atoms with Gasteiger partial charge in [-0.2, -0.15) is 0 Å². The van der Waals surface area contributed by atoms with Crippen molar-refractivity contribution >= 4 is 7.82 Å². The Hall–Kier alpha value is 0.0700. The van der Waals surface area contributed by atoms with Crippen molar-refractivity contribution in [2.75, 3.05) is 0 Å². The van der Waals surface area contributed by atoms with Crippen LogP contribution < -0.4 is 0 Å². The summed E-state index contributed by atoms with van der Waals surface area (Å²) in [6.07, 6.45) is 20.4. The number of unbranched alkanes of at least 4 members (excludes halogenated alkanes) is 13. The molecule has 0 amide bonds. The molecule has 1 unspecified atom stereocenters. The van der Waals surface area contributed by atoms with Gasteiger partial charge in [-0.1, -0.05) is 110 Å². The Balaban J connectivity index is 3.49. The highest BCUT2D eigenvalue weighted by molar-refractivity contribution is 7.46. The normalized spacial score (nSPS) is 13.2. The molecule has 0 aliphatic heterocycles. The van der Waals surface area contributed by atoms with Crippen LogP contribution in [-0.2, 0) is 14.1 Å². The molecule has 0 rings (SSSR count). The largest absolute Gasteiger partial charge is 0.496 e. The van der Waals surface area contributed by atoms with Gasteiger partial charge in [0.15, 0.2) is 0 Å². The van der Waals surface area contributed by atoms with E-state index in [0.717, 1.165) is 38.5 Å². The van der Waals surface area contributed by atoms with E-state index in [1.165, 1.54) is 70.6 Å². The van der Waals surface area contributed by atoms with E-state index in [-0.39, 0.29) is 6.10 Å². The van der Waals surface area contributed by atoms with Crippen molar-refractivity contribution in [3.8, 4) is 0 Å². The summed E-state index contributed by atoms with van der Waals surface area (Å²) < 4.78 is 15.0. The Morgan fingerprint density at radius 3 is 1.46 bits per heavy atom. The van der Waals surface area contributed by atoms with Gasteiger partial charge in [-0.25, -0.2) is 9.45 Å². The average molecular weight is 395 g/mol. The third-order valence-corrected chi connectivity index (χ3v) is 5.07. The molecule has 5 nitrogen and oxygen atoms in total. The third kappa shape index (κ3) is 20.4. The molecule has 0 aromatic heterocycles. The van der Waals surface area contributed by atoms with Crippen LogP contribution in [0.3, 0.4) is 0 Å². The van der Waals surface area contributed by atoms with Gasteiger partial charge < -0.3 is 9.79 Å². The highest BCUT2D eigenvalue weighted by Gasteiger charge is 2.19. The molecule has 6 heteroatoms. The van der Waals surface area contributed by atoms with Crippen molar-refractivity contribution in [3.05, 3.63) is 0 Å². The lowest BCUT2D eigenvalue weighted by Gasteiger charge is -2.16. The zero-order valence-corrected chi connectivity index (χ0v) is 18.1. The van der Waals surface area contributed by atoms with E-state index in [2.05, 4.69) is 18.5 Å². The lowest BCUT2D eigenvalue weighted by Crippen LogP contribution is -2.12.